The lowest BCUT2D eigenvalue weighted by Crippen LogP contribution is -2.40. The number of carbonyl (C=O) groups excluding carboxylic acids is 1. The number of primary amides is 1. The minimum absolute atomic E-state index is 0. The SMILES string of the molecule is C=CN1C=CN(C(N)=O)C1C.Cl. The van der Waals surface area contributed by atoms with E-state index in [1.807, 2.05) is 6.92 Å². The molecule has 12 heavy (non-hydrogen) atoms. The maximum Gasteiger partial charge on any atom is 0.320 e. The number of urea groups is 1. The summed E-state index contributed by atoms with van der Waals surface area (Å²) in [4.78, 5) is 13.9. The highest BCUT2D eigenvalue weighted by Crippen LogP contribution is 2.14. The van der Waals surface area contributed by atoms with Crippen molar-refractivity contribution in [2.24, 2.45) is 5.73 Å². The molecule has 0 aromatic rings. The maximum absolute atomic E-state index is 10.7. The van der Waals surface area contributed by atoms with Crippen LogP contribution in [0.3, 0.4) is 0 Å². The van der Waals surface area contributed by atoms with Crippen molar-refractivity contribution < 1.29 is 4.79 Å². The first-order valence-electron chi connectivity index (χ1n) is 3.33. The monoisotopic (exact) mass is 189 g/mol. The minimum Gasteiger partial charge on any atom is -0.351 e. The van der Waals surface area contributed by atoms with Crippen LogP contribution in [0.5, 0.6) is 0 Å². The minimum atomic E-state index is -0.446. The zero-order chi connectivity index (χ0) is 8.43. The third kappa shape index (κ3) is 1.71. The molecule has 0 saturated heterocycles. The highest BCUT2D eigenvalue weighted by molar-refractivity contribution is 5.85. The van der Waals surface area contributed by atoms with E-state index in [1.165, 1.54) is 4.90 Å². The lowest BCUT2D eigenvalue weighted by atomic mass is 10.5. The summed E-state index contributed by atoms with van der Waals surface area (Å²) in [5.74, 6) is 0. The van der Waals surface area contributed by atoms with Crippen LogP contribution in [0.4, 0.5) is 4.79 Å². The van der Waals surface area contributed by atoms with Crippen LogP contribution in [0.2, 0.25) is 0 Å². The lowest BCUT2D eigenvalue weighted by Gasteiger charge is -2.23. The van der Waals surface area contributed by atoms with Gasteiger partial charge < -0.3 is 10.6 Å². The summed E-state index contributed by atoms with van der Waals surface area (Å²) in [6.07, 6.45) is 4.98. The van der Waals surface area contributed by atoms with E-state index in [9.17, 15) is 4.79 Å². The molecule has 4 nitrogen and oxygen atoms in total. The molecule has 0 bridgehead atoms. The second kappa shape index (κ2) is 4.01. The van der Waals surface area contributed by atoms with Gasteiger partial charge in [0.25, 0.3) is 0 Å². The molecular weight excluding hydrogens is 178 g/mol. The third-order valence-corrected chi connectivity index (χ3v) is 1.70. The fourth-order valence-electron chi connectivity index (χ4n) is 1.01. The summed E-state index contributed by atoms with van der Waals surface area (Å²) < 4.78 is 0. The zero-order valence-corrected chi connectivity index (χ0v) is 7.62. The molecule has 0 saturated carbocycles. The standard InChI is InChI=1S/C7H11N3O.ClH/c1-3-9-4-5-10(6(9)2)7(8)11;/h3-6H,1H2,2H3,(H2,8,11);1H. The van der Waals surface area contributed by atoms with Crippen LogP contribution in [-0.2, 0) is 0 Å². The maximum atomic E-state index is 10.7. The fraction of sp³-hybridized carbons (Fsp3) is 0.286. The van der Waals surface area contributed by atoms with Crippen molar-refractivity contribution in [3.05, 3.63) is 25.2 Å². The molecule has 0 aromatic heterocycles. The molecule has 2 amide bonds. The highest BCUT2D eigenvalue weighted by Gasteiger charge is 2.22. The van der Waals surface area contributed by atoms with E-state index >= 15 is 0 Å². The van der Waals surface area contributed by atoms with Crippen molar-refractivity contribution >= 4 is 18.4 Å². The Labute approximate surface area is 77.7 Å². The molecule has 0 fully saturated rings. The van der Waals surface area contributed by atoms with Crippen LogP contribution in [-0.4, -0.2) is 22.0 Å². The van der Waals surface area contributed by atoms with Crippen molar-refractivity contribution in [3.8, 4) is 0 Å². The molecule has 0 aromatic carbocycles. The first kappa shape index (κ1) is 10.8. The molecule has 5 heteroatoms. The first-order chi connectivity index (χ1) is 5.16. The van der Waals surface area contributed by atoms with Crippen LogP contribution in [0.25, 0.3) is 0 Å². The van der Waals surface area contributed by atoms with Crippen molar-refractivity contribution in [1.29, 1.82) is 0 Å². The average Bonchev–Trinajstić information content (AvgIpc) is 2.30. The predicted molar refractivity (Wildman–Crippen MR) is 49.3 cm³/mol. The van der Waals surface area contributed by atoms with Crippen LogP contribution in [0, 0.1) is 0 Å². The highest BCUT2D eigenvalue weighted by atomic mass is 35.5. The molecule has 0 spiro atoms. The average molecular weight is 190 g/mol. The second-order valence-corrected chi connectivity index (χ2v) is 2.31. The molecular formula is C7H12ClN3O. The van der Waals surface area contributed by atoms with Gasteiger partial charge in [0, 0.05) is 12.4 Å². The van der Waals surface area contributed by atoms with Crippen LogP contribution in [0.15, 0.2) is 25.2 Å². The Kier molecular flexibility index (Phi) is 3.63. The summed E-state index contributed by atoms with van der Waals surface area (Å²) in [6, 6.07) is -0.446. The third-order valence-electron chi connectivity index (χ3n) is 1.70. The van der Waals surface area contributed by atoms with Gasteiger partial charge in [-0.1, -0.05) is 6.58 Å². The number of nitrogens with zero attached hydrogens (tertiary/aromatic N) is 2. The van der Waals surface area contributed by atoms with Crippen LogP contribution >= 0.6 is 12.4 Å². The van der Waals surface area contributed by atoms with Crippen molar-refractivity contribution in [1.82, 2.24) is 9.80 Å². The van der Waals surface area contributed by atoms with E-state index in [1.54, 1.807) is 23.5 Å². The second-order valence-electron chi connectivity index (χ2n) is 2.31. The Bertz CT molecular complexity index is 217. The van der Waals surface area contributed by atoms with Crippen molar-refractivity contribution in [2.45, 2.75) is 13.1 Å². The molecule has 1 heterocycles. The molecule has 0 aliphatic carbocycles. The molecule has 1 aliphatic heterocycles. The van der Waals surface area contributed by atoms with Gasteiger partial charge in [-0.25, -0.2) is 4.79 Å². The van der Waals surface area contributed by atoms with Crippen molar-refractivity contribution in [2.75, 3.05) is 0 Å². The van der Waals surface area contributed by atoms with Gasteiger partial charge in [-0.05, 0) is 13.1 Å². The Hall–Kier alpha value is -1.16. The van der Waals surface area contributed by atoms with E-state index in [0.717, 1.165) is 0 Å². The van der Waals surface area contributed by atoms with E-state index in [0.29, 0.717) is 0 Å². The molecule has 1 unspecified atom stereocenters. The fourth-order valence-corrected chi connectivity index (χ4v) is 1.01. The van der Waals surface area contributed by atoms with Gasteiger partial charge in [0.05, 0.1) is 0 Å². The number of rotatable bonds is 1. The summed E-state index contributed by atoms with van der Waals surface area (Å²) in [5.41, 5.74) is 5.08. The Morgan fingerprint density at radius 3 is 2.50 bits per heavy atom. The zero-order valence-electron chi connectivity index (χ0n) is 6.80. The normalized spacial score (nSPS) is 20.6. The molecule has 0 radical (unpaired) electrons. The lowest BCUT2D eigenvalue weighted by molar-refractivity contribution is 0.192. The summed E-state index contributed by atoms with van der Waals surface area (Å²) >= 11 is 0. The van der Waals surface area contributed by atoms with Gasteiger partial charge in [0.1, 0.15) is 6.17 Å². The molecule has 68 valence electrons. The quantitative estimate of drug-likeness (QED) is 0.671. The van der Waals surface area contributed by atoms with Gasteiger partial charge in [-0.15, -0.1) is 12.4 Å². The molecule has 1 aliphatic rings. The Balaban J connectivity index is 0.00000121. The van der Waals surface area contributed by atoms with Crippen LogP contribution < -0.4 is 5.73 Å². The molecule has 1 atom stereocenters. The number of halogens is 1. The van der Waals surface area contributed by atoms with E-state index < -0.39 is 6.03 Å². The van der Waals surface area contributed by atoms with Gasteiger partial charge in [-0.3, -0.25) is 4.90 Å². The van der Waals surface area contributed by atoms with E-state index in [2.05, 4.69) is 6.58 Å². The number of nitrogens with two attached hydrogens (primary N) is 1. The van der Waals surface area contributed by atoms with E-state index in [-0.39, 0.29) is 18.6 Å². The summed E-state index contributed by atoms with van der Waals surface area (Å²) in [5, 5.41) is 0. The number of hydrogen-bond acceptors (Lipinski definition) is 2. The van der Waals surface area contributed by atoms with Gasteiger partial charge in [0.15, 0.2) is 0 Å². The summed E-state index contributed by atoms with van der Waals surface area (Å²) in [7, 11) is 0. The number of carbonyl (C=O) groups is 1. The number of hydrogen-bond donors (Lipinski definition) is 1. The number of amides is 2. The van der Waals surface area contributed by atoms with Gasteiger partial charge in [-0.2, -0.15) is 0 Å². The van der Waals surface area contributed by atoms with Crippen LogP contribution in [0.1, 0.15) is 6.92 Å². The Morgan fingerprint density at radius 1 is 1.67 bits per heavy atom. The van der Waals surface area contributed by atoms with Crippen molar-refractivity contribution in [3.63, 3.8) is 0 Å². The predicted octanol–water partition coefficient (Wildman–Crippen LogP) is 1.07. The first-order valence-corrected chi connectivity index (χ1v) is 3.33. The van der Waals surface area contributed by atoms with Gasteiger partial charge >= 0.3 is 6.03 Å². The van der Waals surface area contributed by atoms with Gasteiger partial charge in [0.2, 0.25) is 0 Å². The molecule has 1 rings (SSSR count). The van der Waals surface area contributed by atoms with E-state index in [4.69, 9.17) is 5.73 Å². The molecule has 2 N–H and O–H groups in total. The smallest absolute Gasteiger partial charge is 0.320 e. The Morgan fingerprint density at radius 2 is 2.25 bits per heavy atom. The topological polar surface area (TPSA) is 49.6 Å². The summed E-state index contributed by atoms with van der Waals surface area (Å²) in [6.45, 7) is 5.45. The largest absolute Gasteiger partial charge is 0.351 e.